The molecule has 0 aliphatic rings. The van der Waals surface area contributed by atoms with Gasteiger partial charge in [-0.25, -0.2) is 0 Å². The highest BCUT2D eigenvalue weighted by Crippen LogP contribution is 2.27. The van der Waals surface area contributed by atoms with Gasteiger partial charge in [-0.2, -0.15) is 0 Å². The van der Waals surface area contributed by atoms with Crippen LogP contribution in [-0.2, 0) is 0 Å². The van der Waals surface area contributed by atoms with Gasteiger partial charge in [0.25, 0.3) is 0 Å². The molecule has 1 heterocycles. The maximum Gasteiger partial charge on any atom is 0.175 e. The lowest BCUT2D eigenvalue weighted by molar-refractivity contribution is 0.419. The van der Waals surface area contributed by atoms with Gasteiger partial charge in [0, 0.05) is 11.1 Å². The molecule has 13 heavy (non-hydrogen) atoms. The van der Waals surface area contributed by atoms with Crippen molar-refractivity contribution in [2.45, 2.75) is 0 Å². The smallest absolute Gasteiger partial charge is 0.175 e. The van der Waals surface area contributed by atoms with Crippen molar-refractivity contribution in [3.63, 3.8) is 0 Å². The molecule has 0 saturated heterocycles. The minimum atomic E-state index is 0.565. The summed E-state index contributed by atoms with van der Waals surface area (Å²) in [5.74, 6) is 0.690. The normalized spacial score (nSPS) is 10.6. The molecule has 1 aromatic carbocycles. The van der Waals surface area contributed by atoms with E-state index in [9.17, 15) is 0 Å². The lowest BCUT2D eigenvalue weighted by Crippen LogP contribution is -1.84. The number of hydrogen-bond acceptors (Lipinski definition) is 2. The van der Waals surface area contributed by atoms with Crippen molar-refractivity contribution in [2.24, 2.45) is 0 Å². The number of imidazole rings is 1. The third-order valence-electron chi connectivity index (χ3n) is 1.77. The zero-order chi connectivity index (χ0) is 9.42. The highest BCUT2D eigenvalue weighted by molar-refractivity contribution is 7.71. The number of H-pyrrole nitrogens is 2. The minimum absolute atomic E-state index is 0.565. The van der Waals surface area contributed by atoms with Crippen LogP contribution in [-0.4, -0.2) is 17.1 Å². The molecule has 0 aliphatic heterocycles. The number of rotatable bonds is 1. The van der Waals surface area contributed by atoms with E-state index in [4.69, 9.17) is 28.6 Å². The molecule has 1 aromatic heterocycles. The molecule has 0 radical (unpaired) electrons. The van der Waals surface area contributed by atoms with Crippen molar-refractivity contribution < 1.29 is 4.74 Å². The third kappa shape index (κ3) is 1.43. The fourth-order valence-electron chi connectivity index (χ4n) is 1.24. The second-order valence-corrected chi connectivity index (χ2v) is 3.45. The van der Waals surface area contributed by atoms with Gasteiger partial charge in [-0.1, -0.05) is 11.6 Å². The molecule has 0 unspecified atom stereocenters. The molecule has 0 aliphatic carbocycles. The lowest BCUT2D eigenvalue weighted by Gasteiger charge is -2.00. The van der Waals surface area contributed by atoms with Gasteiger partial charge in [0.15, 0.2) is 4.77 Å². The molecule has 2 rings (SSSR count). The number of aromatic amines is 2. The SMILES string of the molecule is COc1cc(Cl)cc2[nH]c(=S)[nH]c12. The lowest BCUT2D eigenvalue weighted by atomic mass is 10.3. The van der Waals surface area contributed by atoms with Gasteiger partial charge in [-0.05, 0) is 18.3 Å². The zero-order valence-corrected chi connectivity index (χ0v) is 8.42. The molecule has 3 nitrogen and oxygen atoms in total. The van der Waals surface area contributed by atoms with Gasteiger partial charge >= 0.3 is 0 Å². The molecule has 0 atom stereocenters. The van der Waals surface area contributed by atoms with Crippen LogP contribution in [0.15, 0.2) is 12.1 Å². The maximum absolute atomic E-state index is 5.86. The average Bonchev–Trinajstić information content (AvgIpc) is 2.43. The summed E-state index contributed by atoms with van der Waals surface area (Å²) in [6.07, 6.45) is 0. The van der Waals surface area contributed by atoms with Crippen LogP contribution in [0, 0.1) is 4.77 Å². The van der Waals surface area contributed by atoms with Gasteiger partial charge in [-0.3, -0.25) is 0 Å². The van der Waals surface area contributed by atoms with Gasteiger partial charge in [0.2, 0.25) is 0 Å². The molecule has 0 bridgehead atoms. The van der Waals surface area contributed by atoms with Crippen LogP contribution in [0.2, 0.25) is 5.02 Å². The average molecular weight is 215 g/mol. The Kier molecular flexibility index (Phi) is 2.01. The maximum atomic E-state index is 5.86. The van der Waals surface area contributed by atoms with Crippen LogP contribution in [0.25, 0.3) is 11.0 Å². The predicted octanol–water partition coefficient (Wildman–Crippen LogP) is 2.89. The van der Waals surface area contributed by atoms with Crippen molar-refractivity contribution in [1.82, 2.24) is 9.97 Å². The molecule has 0 amide bonds. The summed E-state index contributed by atoms with van der Waals surface area (Å²) in [6.45, 7) is 0. The third-order valence-corrected chi connectivity index (χ3v) is 2.20. The van der Waals surface area contributed by atoms with E-state index < -0.39 is 0 Å². The molecular weight excluding hydrogens is 208 g/mol. The Balaban J connectivity index is 2.88. The Labute approximate surface area is 84.7 Å². The van der Waals surface area contributed by atoms with Crippen molar-refractivity contribution in [1.29, 1.82) is 0 Å². The Hall–Kier alpha value is -1.00. The first-order valence-electron chi connectivity index (χ1n) is 3.66. The zero-order valence-electron chi connectivity index (χ0n) is 6.85. The fourth-order valence-corrected chi connectivity index (χ4v) is 1.66. The summed E-state index contributed by atoms with van der Waals surface area (Å²) in [5.41, 5.74) is 1.70. The summed E-state index contributed by atoms with van der Waals surface area (Å²) in [4.78, 5) is 5.95. The van der Waals surface area contributed by atoms with E-state index in [1.165, 1.54) is 0 Å². The van der Waals surface area contributed by atoms with E-state index in [0.29, 0.717) is 15.5 Å². The molecule has 0 fully saturated rings. The van der Waals surface area contributed by atoms with E-state index >= 15 is 0 Å². The van der Waals surface area contributed by atoms with Gasteiger partial charge in [0.05, 0.1) is 12.6 Å². The Morgan fingerprint density at radius 1 is 1.38 bits per heavy atom. The van der Waals surface area contributed by atoms with Crippen LogP contribution in [0.1, 0.15) is 0 Å². The van der Waals surface area contributed by atoms with E-state index in [-0.39, 0.29) is 0 Å². The second kappa shape index (κ2) is 3.05. The summed E-state index contributed by atoms with van der Waals surface area (Å²) >= 11 is 10.8. The molecule has 2 N–H and O–H groups in total. The quantitative estimate of drug-likeness (QED) is 0.717. The first-order chi connectivity index (χ1) is 6.20. The molecule has 5 heteroatoms. The fraction of sp³-hybridized carbons (Fsp3) is 0.125. The first-order valence-corrected chi connectivity index (χ1v) is 4.45. The number of aromatic nitrogens is 2. The summed E-state index contributed by atoms with van der Waals surface area (Å²) in [7, 11) is 1.59. The standard InChI is InChI=1S/C8H7ClN2OS/c1-12-6-3-4(9)2-5-7(6)11-8(13)10-5/h2-3H,1H3,(H2,10,11,13). The number of hydrogen-bond donors (Lipinski definition) is 2. The highest BCUT2D eigenvalue weighted by atomic mass is 35.5. The van der Waals surface area contributed by atoms with Crippen LogP contribution in [0.4, 0.5) is 0 Å². The predicted molar refractivity (Wildman–Crippen MR) is 55.0 cm³/mol. The number of nitrogens with one attached hydrogen (secondary N) is 2. The number of methoxy groups -OCH3 is 1. The molecule has 0 saturated carbocycles. The van der Waals surface area contributed by atoms with E-state index in [0.717, 1.165) is 11.0 Å². The Morgan fingerprint density at radius 2 is 2.15 bits per heavy atom. The molecule has 2 aromatic rings. The molecule has 0 spiro atoms. The van der Waals surface area contributed by atoms with Gasteiger partial charge in [0.1, 0.15) is 11.3 Å². The number of benzene rings is 1. The topological polar surface area (TPSA) is 40.8 Å². The second-order valence-electron chi connectivity index (χ2n) is 2.61. The van der Waals surface area contributed by atoms with Crippen molar-refractivity contribution in [3.05, 3.63) is 21.9 Å². The largest absolute Gasteiger partial charge is 0.494 e. The van der Waals surface area contributed by atoms with E-state index in [2.05, 4.69) is 9.97 Å². The molecule has 68 valence electrons. The van der Waals surface area contributed by atoms with Crippen LogP contribution in [0.5, 0.6) is 5.75 Å². The summed E-state index contributed by atoms with van der Waals surface area (Å²) < 4.78 is 5.70. The van der Waals surface area contributed by atoms with Crippen molar-refractivity contribution in [2.75, 3.05) is 7.11 Å². The van der Waals surface area contributed by atoms with Crippen LogP contribution < -0.4 is 4.74 Å². The van der Waals surface area contributed by atoms with Gasteiger partial charge < -0.3 is 14.7 Å². The first kappa shape index (κ1) is 8.59. The molecular formula is C8H7ClN2OS. The van der Waals surface area contributed by atoms with Crippen LogP contribution >= 0.6 is 23.8 Å². The number of ether oxygens (including phenoxy) is 1. The van der Waals surface area contributed by atoms with Crippen LogP contribution in [0.3, 0.4) is 0 Å². The van der Waals surface area contributed by atoms with E-state index in [1.807, 2.05) is 0 Å². The minimum Gasteiger partial charge on any atom is -0.494 e. The monoisotopic (exact) mass is 214 g/mol. The number of fused-ring (bicyclic) bond motifs is 1. The Bertz CT molecular complexity index is 502. The summed E-state index contributed by atoms with van der Waals surface area (Å²) in [6, 6.07) is 3.54. The van der Waals surface area contributed by atoms with E-state index in [1.54, 1.807) is 19.2 Å². The highest BCUT2D eigenvalue weighted by Gasteiger charge is 2.04. The van der Waals surface area contributed by atoms with Crippen molar-refractivity contribution >= 4 is 34.9 Å². The summed E-state index contributed by atoms with van der Waals surface area (Å²) in [5, 5.41) is 0.620. The number of halogens is 1. The Morgan fingerprint density at radius 3 is 2.85 bits per heavy atom. The van der Waals surface area contributed by atoms with Gasteiger partial charge in [-0.15, -0.1) is 0 Å². The van der Waals surface area contributed by atoms with Crippen molar-refractivity contribution in [3.8, 4) is 5.75 Å².